The topological polar surface area (TPSA) is 88.3 Å². The molecule has 0 saturated carbocycles. The van der Waals surface area contributed by atoms with Crippen molar-refractivity contribution in [3.63, 3.8) is 0 Å². The lowest BCUT2D eigenvalue weighted by Crippen LogP contribution is -2.51. The molecule has 196 valence electrons. The maximum atomic E-state index is 13.3. The van der Waals surface area contributed by atoms with Gasteiger partial charge in [-0.25, -0.2) is 4.79 Å². The summed E-state index contributed by atoms with van der Waals surface area (Å²) >= 11 is 0. The second kappa shape index (κ2) is 12.1. The van der Waals surface area contributed by atoms with Crippen LogP contribution in [0.3, 0.4) is 0 Å². The molecule has 0 spiro atoms. The van der Waals surface area contributed by atoms with E-state index < -0.39 is 5.60 Å². The van der Waals surface area contributed by atoms with Gasteiger partial charge in [-0.2, -0.15) is 0 Å². The minimum Gasteiger partial charge on any atom is -0.457 e. The fourth-order valence-corrected chi connectivity index (χ4v) is 5.62. The van der Waals surface area contributed by atoms with Crippen molar-refractivity contribution in [2.24, 2.45) is 11.7 Å². The summed E-state index contributed by atoms with van der Waals surface area (Å²) in [6.45, 7) is 5.23. The predicted octanol–water partition coefficient (Wildman–Crippen LogP) is 4.66. The van der Waals surface area contributed by atoms with Crippen LogP contribution in [0.15, 0.2) is 48.5 Å². The highest BCUT2D eigenvalue weighted by atomic mass is 16.5. The molecule has 36 heavy (non-hydrogen) atoms. The molecule has 2 aromatic carbocycles. The Hall–Kier alpha value is -2.61. The second-order valence-corrected chi connectivity index (χ2v) is 10.4. The molecule has 2 aliphatic rings. The van der Waals surface area contributed by atoms with Gasteiger partial charge in [-0.05, 0) is 69.2 Å². The SMILES string of the molecule is COCCCC[C@@](O)(c1ccccc1Oc1cccc(C)c1)[C@@H]1CCCN(C(=O)N2CC[C@H](N)C2)C1. The Labute approximate surface area is 215 Å². The molecular formula is C29H41N3O4. The standard InChI is InChI=1S/C29H41N3O4/c1-22-9-7-11-25(19-22)36-27-13-4-3-12-26(27)29(34,15-5-6-18-35-2)23-10-8-16-31(20-23)28(33)32-17-14-24(30)21-32/h3-4,7,9,11-13,19,23-24,34H,5-6,8,10,14-18,20-21,30H2,1-2H3/t23-,24+,29+/m1/s1. The number of ether oxygens (including phenoxy) is 2. The third-order valence-corrected chi connectivity index (χ3v) is 7.59. The van der Waals surface area contributed by atoms with Crippen molar-refractivity contribution in [1.29, 1.82) is 0 Å². The van der Waals surface area contributed by atoms with Gasteiger partial charge in [0.15, 0.2) is 0 Å². The zero-order valence-corrected chi connectivity index (χ0v) is 21.7. The average molecular weight is 496 g/mol. The molecule has 3 atom stereocenters. The molecule has 0 bridgehead atoms. The molecule has 0 radical (unpaired) electrons. The number of para-hydroxylation sites is 1. The molecule has 2 heterocycles. The lowest BCUT2D eigenvalue weighted by Gasteiger charge is -2.44. The predicted molar refractivity (Wildman–Crippen MR) is 141 cm³/mol. The van der Waals surface area contributed by atoms with Gasteiger partial charge in [0.2, 0.25) is 0 Å². The summed E-state index contributed by atoms with van der Waals surface area (Å²) in [6.07, 6.45) is 4.80. The number of nitrogens with two attached hydrogens (primary N) is 1. The number of rotatable bonds is 9. The Kier molecular flexibility index (Phi) is 8.88. The Balaban J connectivity index is 1.60. The van der Waals surface area contributed by atoms with Crippen LogP contribution < -0.4 is 10.5 Å². The smallest absolute Gasteiger partial charge is 0.320 e. The van der Waals surface area contributed by atoms with Gasteiger partial charge in [-0.1, -0.05) is 30.3 Å². The molecule has 0 unspecified atom stereocenters. The minimum absolute atomic E-state index is 0.0404. The second-order valence-electron chi connectivity index (χ2n) is 10.4. The van der Waals surface area contributed by atoms with Crippen LogP contribution in [0.4, 0.5) is 4.79 Å². The van der Waals surface area contributed by atoms with Crippen LogP contribution in [-0.4, -0.2) is 66.9 Å². The first-order chi connectivity index (χ1) is 17.4. The van der Waals surface area contributed by atoms with Crippen molar-refractivity contribution in [3.05, 3.63) is 59.7 Å². The fraction of sp³-hybridized carbons (Fsp3) is 0.552. The Morgan fingerprint density at radius 1 is 1.08 bits per heavy atom. The molecule has 7 nitrogen and oxygen atoms in total. The normalized spacial score (nSPS) is 21.9. The van der Waals surface area contributed by atoms with E-state index >= 15 is 0 Å². The van der Waals surface area contributed by atoms with Crippen molar-refractivity contribution in [2.75, 3.05) is 39.9 Å². The van der Waals surface area contributed by atoms with Gasteiger partial charge in [0, 0.05) is 57.4 Å². The number of carbonyl (C=O) groups excluding carboxylic acids is 1. The van der Waals surface area contributed by atoms with Crippen LogP contribution in [0.1, 0.15) is 49.7 Å². The summed E-state index contributed by atoms with van der Waals surface area (Å²) in [5, 5.41) is 12.4. The molecule has 2 aromatic rings. The molecular weight excluding hydrogens is 454 g/mol. The van der Waals surface area contributed by atoms with E-state index in [-0.39, 0.29) is 18.0 Å². The number of amides is 2. The number of carbonyl (C=O) groups is 1. The lowest BCUT2D eigenvalue weighted by atomic mass is 9.73. The Morgan fingerprint density at radius 2 is 1.89 bits per heavy atom. The monoisotopic (exact) mass is 495 g/mol. The molecule has 0 aromatic heterocycles. The van der Waals surface area contributed by atoms with E-state index in [0.29, 0.717) is 45.0 Å². The van der Waals surface area contributed by atoms with Crippen LogP contribution in [0.25, 0.3) is 0 Å². The van der Waals surface area contributed by atoms with Gasteiger partial charge in [0.1, 0.15) is 11.5 Å². The van der Waals surface area contributed by atoms with Crippen LogP contribution in [0.2, 0.25) is 0 Å². The van der Waals surface area contributed by atoms with Crippen molar-refractivity contribution < 1.29 is 19.4 Å². The number of hydrogen-bond acceptors (Lipinski definition) is 5. The lowest BCUT2D eigenvalue weighted by molar-refractivity contribution is -0.0586. The number of likely N-dealkylation sites (tertiary alicyclic amines) is 2. The van der Waals surface area contributed by atoms with E-state index in [1.165, 1.54) is 0 Å². The first-order valence-electron chi connectivity index (χ1n) is 13.3. The quantitative estimate of drug-likeness (QED) is 0.494. The van der Waals surface area contributed by atoms with Gasteiger partial charge in [-0.3, -0.25) is 0 Å². The number of nitrogens with zero attached hydrogens (tertiary/aromatic N) is 2. The number of benzene rings is 2. The van der Waals surface area contributed by atoms with Crippen molar-refractivity contribution in [3.8, 4) is 11.5 Å². The minimum atomic E-state index is -1.13. The number of piperidine rings is 1. The number of methoxy groups -OCH3 is 1. The maximum absolute atomic E-state index is 13.3. The van der Waals surface area contributed by atoms with Crippen LogP contribution in [-0.2, 0) is 10.3 Å². The first-order valence-corrected chi connectivity index (χ1v) is 13.3. The molecule has 0 aliphatic carbocycles. The number of aryl methyl sites for hydroxylation is 1. The zero-order valence-electron chi connectivity index (χ0n) is 21.7. The van der Waals surface area contributed by atoms with Gasteiger partial charge in [-0.15, -0.1) is 0 Å². The van der Waals surface area contributed by atoms with E-state index in [0.717, 1.165) is 49.0 Å². The van der Waals surface area contributed by atoms with Gasteiger partial charge in [0.05, 0.1) is 5.60 Å². The first kappa shape index (κ1) is 26.5. The van der Waals surface area contributed by atoms with Gasteiger partial charge in [0.25, 0.3) is 0 Å². The highest BCUT2D eigenvalue weighted by molar-refractivity contribution is 5.75. The van der Waals surface area contributed by atoms with Crippen molar-refractivity contribution >= 4 is 6.03 Å². The number of aliphatic hydroxyl groups is 1. The summed E-state index contributed by atoms with van der Waals surface area (Å²) in [5.74, 6) is 1.30. The van der Waals surface area contributed by atoms with Crippen LogP contribution in [0.5, 0.6) is 11.5 Å². The van der Waals surface area contributed by atoms with Crippen LogP contribution in [0, 0.1) is 12.8 Å². The summed E-state index contributed by atoms with van der Waals surface area (Å²) in [7, 11) is 1.70. The largest absolute Gasteiger partial charge is 0.457 e. The third kappa shape index (κ3) is 6.20. The van der Waals surface area contributed by atoms with Crippen molar-refractivity contribution in [1.82, 2.24) is 9.80 Å². The number of urea groups is 1. The van der Waals surface area contributed by atoms with Crippen LogP contribution >= 0.6 is 0 Å². The summed E-state index contributed by atoms with van der Waals surface area (Å²) in [6, 6.07) is 15.8. The number of unbranched alkanes of at least 4 members (excludes halogenated alkanes) is 1. The van der Waals surface area contributed by atoms with E-state index in [2.05, 4.69) is 0 Å². The van der Waals surface area contributed by atoms with E-state index in [4.69, 9.17) is 15.2 Å². The third-order valence-electron chi connectivity index (χ3n) is 7.59. The maximum Gasteiger partial charge on any atom is 0.320 e. The van der Waals surface area contributed by atoms with Gasteiger partial charge < -0.3 is 30.1 Å². The van der Waals surface area contributed by atoms with Gasteiger partial charge >= 0.3 is 6.03 Å². The highest BCUT2D eigenvalue weighted by Gasteiger charge is 2.43. The molecule has 4 rings (SSSR count). The molecule has 2 fully saturated rings. The number of hydrogen-bond donors (Lipinski definition) is 2. The van der Waals surface area contributed by atoms with E-state index in [1.807, 2.05) is 65.3 Å². The fourth-order valence-electron chi connectivity index (χ4n) is 5.62. The average Bonchev–Trinajstić information content (AvgIpc) is 3.32. The Bertz CT molecular complexity index is 1020. The molecule has 2 amide bonds. The van der Waals surface area contributed by atoms with Crippen molar-refractivity contribution in [2.45, 2.75) is 57.1 Å². The summed E-state index contributed by atoms with van der Waals surface area (Å²) in [5.41, 5.74) is 6.82. The Morgan fingerprint density at radius 3 is 2.64 bits per heavy atom. The molecule has 3 N–H and O–H groups in total. The summed E-state index contributed by atoms with van der Waals surface area (Å²) in [4.78, 5) is 17.0. The summed E-state index contributed by atoms with van der Waals surface area (Å²) < 4.78 is 11.6. The molecule has 2 aliphatic heterocycles. The van der Waals surface area contributed by atoms with E-state index in [1.54, 1.807) is 7.11 Å². The zero-order chi connectivity index (χ0) is 25.5. The molecule has 2 saturated heterocycles. The molecule has 7 heteroatoms. The van der Waals surface area contributed by atoms with E-state index in [9.17, 15) is 9.90 Å². The highest BCUT2D eigenvalue weighted by Crippen LogP contribution is 2.44.